The number of carbonyl (C=O) groups is 2. The molecule has 3 fully saturated rings. The van der Waals surface area contributed by atoms with Crippen LogP contribution in [0.3, 0.4) is 0 Å². The number of ketones is 1. The molecule has 2 aliphatic carbocycles. The van der Waals surface area contributed by atoms with Crippen LogP contribution < -0.4 is 14.8 Å². The summed E-state index contributed by atoms with van der Waals surface area (Å²) in [5, 5.41) is 53.8. The number of aliphatic hydroxyl groups excluding tert-OH is 2. The predicted molar refractivity (Wildman–Crippen MR) is 252 cm³/mol. The number of phenols is 1. The number of ether oxygens (including phenoxy) is 5. The van der Waals surface area contributed by atoms with Crippen molar-refractivity contribution in [3.8, 4) is 29.3 Å². The average Bonchev–Trinajstić information content (AvgIpc) is 4.11. The third-order valence-electron chi connectivity index (χ3n) is 15.2. The summed E-state index contributed by atoms with van der Waals surface area (Å²) in [6, 6.07) is 15.8. The Labute approximate surface area is 394 Å². The fourth-order valence-electron chi connectivity index (χ4n) is 11.5. The first kappa shape index (κ1) is 44.6. The Bertz CT molecular complexity index is 2890. The maximum absolute atomic E-state index is 14.9. The lowest BCUT2D eigenvalue weighted by atomic mass is 9.86. The number of amides is 1. The molecule has 2 saturated carbocycles. The number of phenolic OH excluding ortho intramolecular Hbond substituents is 1. The number of aliphatic hydroxyl groups is 3. The Morgan fingerprint density at radius 3 is 2.63 bits per heavy atom. The summed E-state index contributed by atoms with van der Waals surface area (Å²) in [5.74, 6) is 2.15. The third-order valence-corrected chi connectivity index (χ3v) is 15.2. The number of fused-ring (bicyclic) bond motifs is 5. The van der Waals surface area contributed by atoms with E-state index in [1.807, 2.05) is 24.4 Å². The number of Topliss-reactive ketones (excluding diaryl/α,β-unsaturated/α-hetero) is 1. The quantitative estimate of drug-likeness (QED) is 0.0935. The number of nitrogens with zero attached hydrogens (tertiary/aromatic N) is 1. The number of rotatable bonds is 7. The van der Waals surface area contributed by atoms with Gasteiger partial charge in [-0.2, -0.15) is 0 Å². The van der Waals surface area contributed by atoms with Gasteiger partial charge in [0.2, 0.25) is 6.29 Å². The van der Waals surface area contributed by atoms with Crippen molar-refractivity contribution < 1.29 is 53.7 Å². The van der Waals surface area contributed by atoms with Crippen LogP contribution in [0.1, 0.15) is 124 Å². The number of aromatic hydroxyl groups is 1. The van der Waals surface area contributed by atoms with Gasteiger partial charge in [0, 0.05) is 53.8 Å². The first-order valence-electron chi connectivity index (χ1n) is 24.1. The van der Waals surface area contributed by atoms with Crippen molar-refractivity contribution in [1.82, 2.24) is 15.2 Å². The standard InChI is InChI=1S/C54H57N3O11/c1-64-44-23-33-22-37(31-9-5-6-10-31)47-42(59)27-57-26-40-32(11-7-15-35(40)52(57)62)12-8-20-65-51-48(60)45-28-66-43(19-17-36(44)50(46(33)49(47)61)68-53(67-45)54(51,63)29-58)39-25-56-41-18-16-30(21-38(39)41)24-55-34-13-3-2-4-14-34/h7,11,15-19,21-23,25,31,34,43,45,48,51,53,55-56,58,60-61,63H,2-6,9-10,12-14,24,26-29H2,1H3. The zero-order chi connectivity index (χ0) is 46.7. The van der Waals surface area contributed by atoms with E-state index < -0.39 is 48.7 Å². The highest BCUT2D eigenvalue weighted by Crippen LogP contribution is 2.50. The number of aromatic amines is 1. The molecule has 8 bridgehead atoms. The van der Waals surface area contributed by atoms with Crippen LogP contribution in [0.2, 0.25) is 0 Å². The molecule has 6 atom stereocenters. The van der Waals surface area contributed by atoms with Crippen LogP contribution in [0.4, 0.5) is 0 Å². The van der Waals surface area contributed by atoms with Gasteiger partial charge in [0.15, 0.2) is 17.5 Å². The van der Waals surface area contributed by atoms with Crippen LogP contribution in [0, 0.1) is 12.0 Å². The summed E-state index contributed by atoms with van der Waals surface area (Å²) in [5.41, 5.74) is 3.36. The minimum atomic E-state index is -2.45. The van der Waals surface area contributed by atoms with Crippen LogP contribution in [-0.2, 0) is 33.7 Å². The van der Waals surface area contributed by atoms with Gasteiger partial charge in [0.25, 0.3) is 5.91 Å². The Hall–Kier alpha value is -5.92. The normalized spacial score (nSPS) is 26.5. The van der Waals surface area contributed by atoms with Crippen LogP contribution in [0.15, 0.2) is 60.8 Å². The number of hydrogen-bond donors (Lipinski definition) is 6. The van der Waals surface area contributed by atoms with E-state index in [4.69, 9.17) is 23.7 Å². The molecule has 6 aliphatic rings. The van der Waals surface area contributed by atoms with Gasteiger partial charge in [-0.1, -0.05) is 62.3 Å². The molecule has 0 spiro atoms. The summed E-state index contributed by atoms with van der Waals surface area (Å²) in [7, 11) is 1.52. The molecule has 5 aromatic rings. The van der Waals surface area contributed by atoms with E-state index >= 15 is 0 Å². The molecular formula is C54H57N3O11. The summed E-state index contributed by atoms with van der Waals surface area (Å²) in [6.45, 7) is -0.636. The van der Waals surface area contributed by atoms with Crippen molar-refractivity contribution in [2.24, 2.45) is 0 Å². The van der Waals surface area contributed by atoms with E-state index in [1.54, 1.807) is 24.3 Å². The molecule has 68 heavy (non-hydrogen) atoms. The maximum Gasteiger partial charge on any atom is 0.254 e. The summed E-state index contributed by atoms with van der Waals surface area (Å²) >= 11 is 0. The second-order valence-electron chi connectivity index (χ2n) is 19.3. The molecule has 4 aliphatic heterocycles. The zero-order valence-electron chi connectivity index (χ0n) is 38.1. The second kappa shape index (κ2) is 18.2. The largest absolute Gasteiger partial charge is 0.506 e. The van der Waals surface area contributed by atoms with Crippen LogP contribution in [0.5, 0.6) is 17.2 Å². The Morgan fingerprint density at radius 2 is 1.82 bits per heavy atom. The molecule has 5 heterocycles. The molecule has 14 nitrogen and oxygen atoms in total. The fraction of sp³-hybridized carbons (Fsp3) is 0.444. The molecule has 1 amide bonds. The number of hydrogen-bond acceptors (Lipinski definition) is 12. The SMILES string of the molecule is COc1cc2cc(C3CCCC3)c3c(O)c2c2c1C=CC(c1c[nH]c4ccc(CNC5CCCCC5)cc14)OCC1OC(O2)C(O)(CO)C(OC#CCc2cccc4c2CN(CC3=O)C4=O)C1O. The van der Waals surface area contributed by atoms with Crippen molar-refractivity contribution in [3.63, 3.8) is 0 Å². The average molecular weight is 924 g/mol. The van der Waals surface area contributed by atoms with E-state index in [1.165, 1.54) is 44.1 Å². The lowest BCUT2D eigenvalue weighted by molar-refractivity contribution is -0.328. The molecule has 14 heteroatoms. The van der Waals surface area contributed by atoms with Crippen LogP contribution in [0.25, 0.3) is 27.8 Å². The summed E-state index contributed by atoms with van der Waals surface area (Å²) < 4.78 is 32.1. The minimum absolute atomic E-state index is 0.0250. The predicted octanol–water partition coefficient (Wildman–Crippen LogP) is 6.83. The number of methoxy groups -OCH3 is 1. The Balaban J connectivity index is 1.10. The van der Waals surface area contributed by atoms with Gasteiger partial charge in [-0.3, -0.25) is 9.59 Å². The highest BCUT2D eigenvalue weighted by atomic mass is 16.7. The van der Waals surface area contributed by atoms with Gasteiger partial charge >= 0.3 is 0 Å². The van der Waals surface area contributed by atoms with Crippen LogP contribution >= 0.6 is 0 Å². The number of aromatic nitrogens is 1. The first-order valence-corrected chi connectivity index (χ1v) is 24.1. The minimum Gasteiger partial charge on any atom is -0.506 e. The Morgan fingerprint density at radius 1 is 1.00 bits per heavy atom. The third kappa shape index (κ3) is 7.79. The molecule has 354 valence electrons. The lowest BCUT2D eigenvalue weighted by Crippen LogP contribution is -2.70. The van der Waals surface area contributed by atoms with Crippen LogP contribution in [-0.4, -0.2) is 105 Å². The molecule has 1 aromatic heterocycles. The van der Waals surface area contributed by atoms with Gasteiger partial charge in [-0.25, -0.2) is 0 Å². The highest BCUT2D eigenvalue weighted by Gasteiger charge is 2.59. The van der Waals surface area contributed by atoms with Gasteiger partial charge < -0.3 is 59.3 Å². The smallest absolute Gasteiger partial charge is 0.254 e. The highest BCUT2D eigenvalue weighted by molar-refractivity contribution is 6.11. The first-order chi connectivity index (χ1) is 33.1. The number of carbonyl (C=O) groups excluding carboxylic acids is 2. The molecule has 0 radical (unpaired) electrons. The van der Waals surface area contributed by atoms with E-state index in [0.717, 1.165) is 58.8 Å². The van der Waals surface area contributed by atoms with Gasteiger partial charge in [0.1, 0.15) is 41.7 Å². The zero-order valence-corrected chi connectivity index (χ0v) is 38.1. The van der Waals surface area contributed by atoms with Crippen molar-refractivity contribution >= 4 is 39.4 Å². The maximum atomic E-state index is 14.9. The van der Waals surface area contributed by atoms with E-state index in [9.17, 15) is 30.0 Å². The molecule has 6 N–H and O–H groups in total. The monoisotopic (exact) mass is 923 g/mol. The molecule has 11 rings (SSSR count). The van der Waals surface area contributed by atoms with Crippen molar-refractivity contribution in [2.45, 2.75) is 126 Å². The van der Waals surface area contributed by atoms with Gasteiger partial charge in [-0.05, 0) is 95.6 Å². The fourth-order valence-corrected chi connectivity index (χ4v) is 11.5. The molecule has 1 saturated heterocycles. The van der Waals surface area contributed by atoms with Crippen molar-refractivity contribution in [3.05, 3.63) is 105 Å². The van der Waals surface area contributed by atoms with Crippen molar-refractivity contribution in [1.29, 1.82) is 0 Å². The molecule has 6 unspecified atom stereocenters. The van der Waals surface area contributed by atoms with Gasteiger partial charge in [-0.15, -0.1) is 0 Å². The summed E-state index contributed by atoms with van der Waals surface area (Å²) in [4.78, 5) is 33.8. The summed E-state index contributed by atoms with van der Waals surface area (Å²) in [6.07, 6.45) is 11.0. The van der Waals surface area contributed by atoms with E-state index in [2.05, 4.69) is 40.5 Å². The Kier molecular flexibility index (Phi) is 11.9. The molecule has 4 aromatic carbocycles. The van der Waals surface area contributed by atoms with E-state index in [0.29, 0.717) is 40.4 Å². The van der Waals surface area contributed by atoms with E-state index in [-0.39, 0.29) is 60.4 Å². The second-order valence-corrected chi connectivity index (χ2v) is 19.3. The van der Waals surface area contributed by atoms with Gasteiger partial charge in [0.05, 0.1) is 43.4 Å². The lowest BCUT2D eigenvalue weighted by Gasteiger charge is -2.47. The molecular weight excluding hydrogens is 867 g/mol. The number of nitrogens with one attached hydrogen (secondary N) is 2. The number of benzene rings is 4. The topological polar surface area (TPSA) is 192 Å². The number of H-pyrrole nitrogens is 1. The van der Waals surface area contributed by atoms with Crippen molar-refractivity contribution in [2.75, 3.05) is 26.9 Å².